The van der Waals surface area contributed by atoms with E-state index in [0.29, 0.717) is 12.4 Å². The van der Waals surface area contributed by atoms with Crippen molar-refractivity contribution in [2.75, 3.05) is 13.2 Å². The first-order valence-corrected chi connectivity index (χ1v) is 8.07. The van der Waals surface area contributed by atoms with Crippen LogP contribution in [0.2, 0.25) is 0 Å². The molecule has 2 aliphatic rings. The van der Waals surface area contributed by atoms with Gasteiger partial charge in [-0.05, 0) is 12.8 Å². The number of ether oxygens (including phenoxy) is 1. The normalized spacial score (nSPS) is 26.8. The van der Waals surface area contributed by atoms with Gasteiger partial charge < -0.3 is 15.0 Å². The smallest absolute Gasteiger partial charge is 0.318 e. The number of hydrogen-bond donors (Lipinski definition) is 2. The van der Waals surface area contributed by atoms with Crippen LogP contribution >= 0.6 is 0 Å². The van der Waals surface area contributed by atoms with Crippen molar-refractivity contribution in [3.63, 3.8) is 0 Å². The van der Waals surface area contributed by atoms with Crippen LogP contribution in [0.15, 0.2) is 0 Å². The van der Waals surface area contributed by atoms with E-state index < -0.39 is 0 Å². The highest BCUT2D eigenvalue weighted by molar-refractivity contribution is 5.76. The van der Waals surface area contributed by atoms with Gasteiger partial charge in [-0.25, -0.2) is 9.78 Å². The van der Waals surface area contributed by atoms with Crippen molar-refractivity contribution in [1.29, 1.82) is 0 Å². The van der Waals surface area contributed by atoms with Crippen molar-refractivity contribution in [2.45, 2.75) is 58.7 Å². The van der Waals surface area contributed by atoms with Crippen LogP contribution in [-0.4, -0.2) is 51.4 Å². The maximum absolute atomic E-state index is 12.4. The van der Waals surface area contributed by atoms with Gasteiger partial charge in [-0.3, -0.25) is 5.10 Å². The van der Waals surface area contributed by atoms with E-state index in [-0.39, 0.29) is 23.6 Å². The van der Waals surface area contributed by atoms with Crippen LogP contribution in [-0.2, 0) is 17.7 Å². The highest BCUT2D eigenvalue weighted by atomic mass is 16.5. The number of aromatic amines is 1. The highest BCUT2D eigenvalue weighted by Crippen LogP contribution is 2.42. The van der Waals surface area contributed by atoms with E-state index in [1.165, 1.54) is 0 Å². The zero-order chi connectivity index (χ0) is 15.7. The number of rotatable bonds is 4. The first-order valence-electron chi connectivity index (χ1n) is 8.07. The number of H-pyrrole nitrogens is 1. The minimum absolute atomic E-state index is 0.0470. The molecular weight excluding hydrogens is 282 g/mol. The number of nitrogens with one attached hydrogen (secondary N) is 2. The molecule has 1 aromatic heterocycles. The number of urea groups is 1. The van der Waals surface area contributed by atoms with Gasteiger partial charge in [-0.2, -0.15) is 5.10 Å². The predicted octanol–water partition coefficient (Wildman–Crippen LogP) is 1.47. The summed E-state index contributed by atoms with van der Waals surface area (Å²) >= 11 is 0. The number of carbonyl (C=O) groups excluding carboxylic acids is 1. The summed E-state index contributed by atoms with van der Waals surface area (Å²) in [6, 6.07) is 0.116. The van der Waals surface area contributed by atoms with E-state index in [2.05, 4.69) is 34.3 Å². The Kier molecular flexibility index (Phi) is 4.08. The van der Waals surface area contributed by atoms with Crippen molar-refractivity contribution in [3.8, 4) is 0 Å². The fourth-order valence-corrected chi connectivity index (χ4v) is 3.53. The number of aromatic nitrogens is 3. The van der Waals surface area contributed by atoms with Crippen LogP contribution in [0.4, 0.5) is 4.79 Å². The van der Waals surface area contributed by atoms with E-state index in [9.17, 15) is 4.79 Å². The van der Waals surface area contributed by atoms with Crippen molar-refractivity contribution in [3.05, 3.63) is 11.6 Å². The molecule has 0 saturated carbocycles. The van der Waals surface area contributed by atoms with E-state index in [0.717, 1.165) is 38.2 Å². The summed E-state index contributed by atoms with van der Waals surface area (Å²) in [4.78, 5) is 18.6. The quantitative estimate of drug-likeness (QED) is 0.882. The number of nitrogens with zero attached hydrogens (tertiary/aromatic N) is 3. The predicted molar refractivity (Wildman–Crippen MR) is 81.2 cm³/mol. The molecule has 7 heteroatoms. The van der Waals surface area contributed by atoms with Gasteiger partial charge in [0, 0.05) is 25.0 Å². The molecule has 3 heterocycles. The molecule has 7 nitrogen and oxygen atoms in total. The molecule has 2 N–H and O–H groups in total. The van der Waals surface area contributed by atoms with Crippen LogP contribution in [0, 0.1) is 5.41 Å². The minimum Gasteiger partial charge on any atom is -0.376 e. The van der Waals surface area contributed by atoms with Gasteiger partial charge in [0.15, 0.2) is 5.82 Å². The molecule has 122 valence electrons. The van der Waals surface area contributed by atoms with Gasteiger partial charge in [-0.15, -0.1) is 0 Å². The monoisotopic (exact) mass is 307 g/mol. The maximum atomic E-state index is 12.4. The van der Waals surface area contributed by atoms with Crippen LogP contribution in [0.5, 0.6) is 0 Å². The molecule has 2 aliphatic heterocycles. The third-order valence-electron chi connectivity index (χ3n) is 4.59. The zero-order valence-electron chi connectivity index (χ0n) is 13.6. The molecule has 0 spiro atoms. The Morgan fingerprint density at radius 3 is 2.95 bits per heavy atom. The van der Waals surface area contributed by atoms with Crippen LogP contribution in [0.1, 0.15) is 45.3 Å². The summed E-state index contributed by atoms with van der Waals surface area (Å²) in [7, 11) is 0. The van der Waals surface area contributed by atoms with E-state index in [1.54, 1.807) is 0 Å². The molecule has 1 aromatic rings. The summed E-state index contributed by atoms with van der Waals surface area (Å²) in [6.07, 6.45) is 3.09. The lowest BCUT2D eigenvalue weighted by Crippen LogP contribution is -2.69. The number of carbonyl (C=O) groups is 1. The van der Waals surface area contributed by atoms with Crippen molar-refractivity contribution < 1.29 is 9.53 Å². The van der Waals surface area contributed by atoms with Gasteiger partial charge in [0.2, 0.25) is 0 Å². The Labute approximate surface area is 130 Å². The fourth-order valence-electron chi connectivity index (χ4n) is 3.53. The fraction of sp³-hybridized carbons (Fsp3) is 0.800. The van der Waals surface area contributed by atoms with Crippen molar-refractivity contribution >= 4 is 6.03 Å². The summed E-state index contributed by atoms with van der Waals surface area (Å²) in [5.41, 5.74) is 0.119. The third kappa shape index (κ3) is 2.82. The highest BCUT2D eigenvalue weighted by Gasteiger charge is 2.52. The zero-order valence-corrected chi connectivity index (χ0v) is 13.6. The molecule has 2 unspecified atom stereocenters. The standard InChI is InChI=1S/C15H25N5O2/c1-4-11-17-12(19-18-11)8-16-14(21)20-9-15(2,3)13(20)10-6-5-7-22-10/h10,13H,4-9H2,1-3H3,(H,16,21)(H,17,18,19). The number of aryl methyl sites for hydroxylation is 1. The molecule has 2 atom stereocenters. The van der Waals surface area contributed by atoms with E-state index in [1.807, 2.05) is 11.8 Å². The molecule has 3 rings (SSSR count). The molecule has 22 heavy (non-hydrogen) atoms. The molecule has 0 aliphatic carbocycles. The lowest BCUT2D eigenvalue weighted by Gasteiger charge is -2.56. The van der Waals surface area contributed by atoms with Crippen LogP contribution < -0.4 is 5.32 Å². The van der Waals surface area contributed by atoms with Gasteiger partial charge in [0.25, 0.3) is 0 Å². The second-order valence-electron chi connectivity index (χ2n) is 6.82. The lowest BCUT2D eigenvalue weighted by atomic mass is 9.72. The maximum Gasteiger partial charge on any atom is 0.318 e. The SMILES string of the molecule is CCc1n[nH]c(CNC(=O)N2CC(C)(C)C2C2CCCO2)n1. The average molecular weight is 307 g/mol. The van der Waals surface area contributed by atoms with Crippen LogP contribution in [0.3, 0.4) is 0 Å². The molecule has 2 fully saturated rings. The minimum atomic E-state index is -0.0470. The summed E-state index contributed by atoms with van der Waals surface area (Å²) < 4.78 is 5.80. The number of amides is 2. The Morgan fingerprint density at radius 1 is 1.55 bits per heavy atom. The Balaban J connectivity index is 1.57. The summed E-state index contributed by atoms with van der Waals surface area (Å²) in [5.74, 6) is 1.46. The second-order valence-corrected chi connectivity index (χ2v) is 6.82. The molecule has 0 aromatic carbocycles. The number of hydrogen-bond acceptors (Lipinski definition) is 4. The second kappa shape index (κ2) is 5.87. The molecule has 2 amide bonds. The largest absolute Gasteiger partial charge is 0.376 e. The third-order valence-corrected chi connectivity index (χ3v) is 4.59. The molecule has 0 bridgehead atoms. The van der Waals surface area contributed by atoms with E-state index >= 15 is 0 Å². The summed E-state index contributed by atoms with van der Waals surface area (Å²) in [5, 5.41) is 9.85. The Bertz CT molecular complexity index is 536. The molecule has 2 saturated heterocycles. The van der Waals surface area contributed by atoms with Gasteiger partial charge in [0.1, 0.15) is 5.82 Å². The molecular formula is C15H25N5O2. The number of likely N-dealkylation sites (tertiary alicyclic amines) is 1. The van der Waals surface area contributed by atoms with E-state index in [4.69, 9.17) is 4.74 Å². The van der Waals surface area contributed by atoms with Crippen LogP contribution in [0.25, 0.3) is 0 Å². The lowest BCUT2D eigenvalue weighted by molar-refractivity contribution is -0.0910. The average Bonchev–Trinajstić information content (AvgIpc) is 3.13. The Morgan fingerprint density at radius 2 is 2.36 bits per heavy atom. The van der Waals surface area contributed by atoms with Gasteiger partial charge in [-0.1, -0.05) is 20.8 Å². The van der Waals surface area contributed by atoms with Crippen molar-refractivity contribution in [2.24, 2.45) is 5.41 Å². The first kappa shape index (κ1) is 15.3. The topological polar surface area (TPSA) is 83.1 Å². The molecule has 0 radical (unpaired) electrons. The van der Waals surface area contributed by atoms with Gasteiger partial charge in [0.05, 0.1) is 18.7 Å². The first-order chi connectivity index (χ1) is 10.5. The summed E-state index contributed by atoms with van der Waals surface area (Å²) in [6.45, 7) is 8.35. The van der Waals surface area contributed by atoms with Crippen molar-refractivity contribution in [1.82, 2.24) is 25.4 Å². The van der Waals surface area contributed by atoms with Gasteiger partial charge >= 0.3 is 6.03 Å². The Hall–Kier alpha value is -1.63.